The summed E-state index contributed by atoms with van der Waals surface area (Å²) in [5, 5.41) is 23.3. The first kappa shape index (κ1) is 24.4. The summed E-state index contributed by atoms with van der Waals surface area (Å²) in [7, 11) is 1.63. The molecular formula is C23H27N5O4S. The van der Waals surface area contributed by atoms with Gasteiger partial charge in [-0.15, -0.1) is 10.2 Å². The molecule has 0 fully saturated rings. The van der Waals surface area contributed by atoms with Crippen molar-refractivity contribution in [1.82, 2.24) is 20.1 Å². The van der Waals surface area contributed by atoms with Crippen LogP contribution < -0.4 is 5.32 Å². The number of benzene rings is 2. The molecule has 0 aliphatic heterocycles. The van der Waals surface area contributed by atoms with Crippen molar-refractivity contribution < 1.29 is 14.5 Å². The zero-order valence-corrected chi connectivity index (χ0v) is 19.7. The maximum atomic E-state index is 12.3. The third-order valence-corrected chi connectivity index (χ3v) is 6.18. The standard InChI is InChI=1S/C23H27N5O4S/c1-4-16(2)24-22(29)19-7-5-17(6-8-19)15-33-23-26-25-21(27(23)13-14-32-3)18-9-11-20(12-10-18)28(30)31/h5-12,16H,4,13-15H2,1-3H3,(H,24,29)/t16-/m0/s1. The number of thioether (sulfide) groups is 1. The molecule has 0 spiro atoms. The minimum atomic E-state index is -0.431. The Balaban J connectivity index is 1.73. The molecule has 0 saturated heterocycles. The summed E-state index contributed by atoms with van der Waals surface area (Å²) < 4.78 is 7.18. The first-order valence-corrected chi connectivity index (χ1v) is 11.6. The molecule has 9 nitrogen and oxygen atoms in total. The molecule has 1 aromatic heterocycles. The van der Waals surface area contributed by atoms with Gasteiger partial charge >= 0.3 is 0 Å². The van der Waals surface area contributed by atoms with Crippen LogP contribution in [-0.2, 0) is 17.0 Å². The molecule has 1 amide bonds. The third kappa shape index (κ3) is 6.39. The van der Waals surface area contributed by atoms with E-state index in [9.17, 15) is 14.9 Å². The second kappa shape index (κ2) is 11.6. The van der Waals surface area contributed by atoms with Gasteiger partial charge in [-0.25, -0.2) is 0 Å². The fourth-order valence-corrected chi connectivity index (χ4v) is 3.96. The first-order chi connectivity index (χ1) is 15.9. The van der Waals surface area contributed by atoms with Crippen molar-refractivity contribution in [3.8, 4) is 11.4 Å². The van der Waals surface area contributed by atoms with Gasteiger partial charge in [-0.2, -0.15) is 0 Å². The Labute approximate surface area is 196 Å². The van der Waals surface area contributed by atoms with Gasteiger partial charge in [0.05, 0.1) is 18.1 Å². The number of hydrogen-bond acceptors (Lipinski definition) is 7. The molecule has 0 aliphatic rings. The molecule has 1 N–H and O–H groups in total. The molecule has 1 heterocycles. The number of nitrogens with one attached hydrogen (secondary N) is 1. The number of non-ortho nitro benzene ring substituents is 1. The average molecular weight is 470 g/mol. The highest BCUT2D eigenvalue weighted by molar-refractivity contribution is 7.98. The molecule has 2 aromatic carbocycles. The molecule has 0 aliphatic carbocycles. The van der Waals surface area contributed by atoms with E-state index in [1.165, 1.54) is 23.9 Å². The third-order valence-electron chi connectivity index (χ3n) is 5.15. The molecule has 0 unspecified atom stereocenters. The number of nitrogens with zero attached hydrogens (tertiary/aromatic N) is 4. The Morgan fingerprint density at radius 1 is 1.18 bits per heavy atom. The van der Waals surface area contributed by atoms with Crippen molar-refractivity contribution in [3.63, 3.8) is 0 Å². The van der Waals surface area contributed by atoms with Crippen LogP contribution in [0, 0.1) is 10.1 Å². The van der Waals surface area contributed by atoms with E-state index in [0.717, 1.165) is 22.7 Å². The van der Waals surface area contributed by atoms with Gasteiger partial charge in [0.15, 0.2) is 11.0 Å². The van der Waals surface area contributed by atoms with Crippen LogP contribution in [0.3, 0.4) is 0 Å². The SMILES string of the molecule is CC[C@H](C)NC(=O)c1ccc(CSc2nnc(-c3ccc([N+](=O)[O-])cc3)n2CCOC)cc1. The van der Waals surface area contributed by atoms with Crippen LogP contribution in [0.2, 0.25) is 0 Å². The van der Waals surface area contributed by atoms with Gasteiger partial charge in [-0.05, 0) is 43.2 Å². The zero-order chi connectivity index (χ0) is 23.8. The van der Waals surface area contributed by atoms with Crippen molar-refractivity contribution in [2.45, 2.75) is 43.8 Å². The normalized spacial score (nSPS) is 11.8. The number of hydrogen-bond donors (Lipinski definition) is 1. The molecular weight excluding hydrogens is 442 g/mol. The van der Waals surface area contributed by atoms with Gasteiger partial charge in [0.1, 0.15) is 0 Å². The zero-order valence-electron chi connectivity index (χ0n) is 18.9. The van der Waals surface area contributed by atoms with E-state index < -0.39 is 4.92 Å². The molecule has 0 bridgehead atoms. The second-order valence-electron chi connectivity index (χ2n) is 7.52. The molecule has 33 heavy (non-hydrogen) atoms. The Bertz CT molecular complexity index is 1080. The lowest BCUT2D eigenvalue weighted by molar-refractivity contribution is -0.384. The van der Waals surface area contributed by atoms with E-state index in [-0.39, 0.29) is 17.6 Å². The van der Waals surface area contributed by atoms with Gasteiger partial charge < -0.3 is 10.1 Å². The molecule has 0 radical (unpaired) electrons. The minimum absolute atomic E-state index is 0.0255. The van der Waals surface area contributed by atoms with Crippen LogP contribution in [0.4, 0.5) is 5.69 Å². The molecule has 3 aromatic rings. The fraction of sp³-hybridized carbons (Fsp3) is 0.348. The highest BCUT2D eigenvalue weighted by atomic mass is 32.2. The highest BCUT2D eigenvalue weighted by Crippen LogP contribution is 2.27. The van der Waals surface area contributed by atoms with E-state index in [2.05, 4.69) is 15.5 Å². The van der Waals surface area contributed by atoms with Gasteiger partial charge in [0, 0.05) is 42.2 Å². The number of nitro groups is 1. The topological polar surface area (TPSA) is 112 Å². The van der Waals surface area contributed by atoms with Crippen molar-refractivity contribution in [2.75, 3.05) is 13.7 Å². The molecule has 1 atom stereocenters. The monoisotopic (exact) mass is 469 g/mol. The first-order valence-electron chi connectivity index (χ1n) is 10.6. The van der Waals surface area contributed by atoms with Crippen molar-refractivity contribution >= 4 is 23.4 Å². The summed E-state index contributed by atoms with van der Waals surface area (Å²) in [5.74, 6) is 1.20. The Morgan fingerprint density at radius 2 is 1.88 bits per heavy atom. The Kier molecular flexibility index (Phi) is 8.56. The Morgan fingerprint density at radius 3 is 2.48 bits per heavy atom. The summed E-state index contributed by atoms with van der Waals surface area (Å²) in [6.07, 6.45) is 0.881. The van der Waals surface area contributed by atoms with Crippen LogP contribution in [0.1, 0.15) is 36.2 Å². The van der Waals surface area contributed by atoms with Gasteiger partial charge in [0.2, 0.25) is 0 Å². The molecule has 0 saturated carbocycles. The summed E-state index contributed by atoms with van der Waals surface area (Å²) in [6, 6.07) is 13.9. The number of amides is 1. The van der Waals surface area contributed by atoms with Gasteiger partial charge in [-0.1, -0.05) is 30.8 Å². The predicted octanol–water partition coefficient (Wildman–Crippen LogP) is 4.32. The van der Waals surface area contributed by atoms with Crippen molar-refractivity contribution in [2.24, 2.45) is 0 Å². The van der Waals surface area contributed by atoms with Crippen molar-refractivity contribution in [1.29, 1.82) is 0 Å². The number of nitro benzene ring substituents is 1. The smallest absolute Gasteiger partial charge is 0.269 e. The number of aromatic nitrogens is 3. The van der Waals surface area contributed by atoms with E-state index in [0.29, 0.717) is 30.3 Å². The second-order valence-corrected chi connectivity index (χ2v) is 8.47. The lowest BCUT2D eigenvalue weighted by atomic mass is 10.1. The van der Waals surface area contributed by atoms with Crippen LogP contribution >= 0.6 is 11.8 Å². The fourth-order valence-electron chi connectivity index (χ4n) is 3.03. The van der Waals surface area contributed by atoms with E-state index >= 15 is 0 Å². The van der Waals surface area contributed by atoms with Crippen LogP contribution in [-0.4, -0.2) is 45.4 Å². The summed E-state index contributed by atoms with van der Waals surface area (Å²) in [5.41, 5.74) is 2.45. The number of ether oxygens (including phenoxy) is 1. The minimum Gasteiger partial charge on any atom is -0.383 e. The largest absolute Gasteiger partial charge is 0.383 e. The van der Waals surface area contributed by atoms with E-state index in [1.54, 1.807) is 19.2 Å². The summed E-state index contributed by atoms with van der Waals surface area (Å²) >= 11 is 1.53. The number of carbonyl (C=O) groups is 1. The molecule has 10 heteroatoms. The number of carbonyl (C=O) groups excluding carboxylic acids is 1. The van der Waals surface area contributed by atoms with Gasteiger partial charge in [0.25, 0.3) is 11.6 Å². The predicted molar refractivity (Wildman–Crippen MR) is 127 cm³/mol. The average Bonchev–Trinajstić information content (AvgIpc) is 3.24. The highest BCUT2D eigenvalue weighted by Gasteiger charge is 2.16. The number of rotatable bonds is 11. The molecule has 174 valence electrons. The quantitative estimate of drug-likeness (QED) is 0.253. The van der Waals surface area contributed by atoms with E-state index in [1.807, 2.05) is 42.7 Å². The lowest BCUT2D eigenvalue weighted by Crippen LogP contribution is -2.31. The maximum absolute atomic E-state index is 12.3. The van der Waals surface area contributed by atoms with Gasteiger partial charge in [-0.3, -0.25) is 19.5 Å². The maximum Gasteiger partial charge on any atom is 0.269 e. The summed E-state index contributed by atoms with van der Waals surface area (Å²) in [6.45, 7) is 5.04. The van der Waals surface area contributed by atoms with E-state index in [4.69, 9.17) is 4.74 Å². The van der Waals surface area contributed by atoms with Crippen LogP contribution in [0.5, 0.6) is 0 Å². The summed E-state index contributed by atoms with van der Waals surface area (Å²) in [4.78, 5) is 22.8. The Hall–Kier alpha value is -3.24. The number of methoxy groups -OCH3 is 1. The van der Waals surface area contributed by atoms with Crippen LogP contribution in [0.25, 0.3) is 11.4 Å². The van der Waals surface area contributed by atoms with Crippen molar-refractivity contribution in [3.05, 3.63) is 69.8 Å². The molecule has 3 rings (SSSR count). The lowest BCUT2D eigenvalue weighted by Gasteiger charge is -2.12. The van der Waals surface area contributed by atoms with Crippen LogP contribution in [0.15, 0.2) is 53.7 Å².